The Bertz CT molecular complexity index is 3910. The lowest BCUT2D eigenvalue weighted by molar-refractivity contribution is -0.136. The number of phenolic OH excluding ortho intramolecular Hbond substituents is 3. The van der Waals surface area contributed by atoms with E-state index >= 15 is 22.4 Å². The van der Waals surface area contributed by atoms with Crippen molar-refractivity contribution in [1.82, 2.24) is 13.6 Å². The van der Waals surface area contributed by atoms with Crippen molar-refractivity contribution < 1.29 is 70.4 Å². The number of carbonyl (C=O) groups excluding carboxylic acids is 5. The van der Waals surface area contributed by atoms with Crippen molar-refractivity contribution in [1.29, 1.82) is 0 Å². The van der Waals surface area contributed by atoms with Crippen LogP contribution in [0, 0.1) is 48.8 Å². The van der Waals surface area contributed by atoms with Crippen molar-refractivity contribution in [2.45, 2.75) is 33.2 Å². The minimum Gasteiger partial charge on any atom is -0.505 e. The number of quaternary nitrogens is 1. The summed E-state index contributed by atoms with van der Waals surface area (Å²) in [5.74, 6) is -16.7. The highest BCUT2D eigenvalue weighted by atomic mass is 35.5. The van der Waals surface area contributed by atoms with E-state index in [-0.39, 0.29) is 59.9 Å². The summed E-state index contributed by atoms with van der Waals surface area (Å²) >= 11 is 17.8. The number of phenols is 3. The number of hydrogen-bond acceptors (Lipinski definition) is 9. The summed E-state index contributed by atoms with van der Waals surface area (Å²) in [7, 11) is 0. The van der Waals surface area contributed by atoms with Gasteiger partial charge in [0.15, 0.2) is 46.1 Å². The molecule has 1 aliphatic rings. The summed E-state index contributed by atoms with van der Waals surface area (Å²) in [6.07, 6.45) is -0.845. The van der Waals surface area contributed by atoms with Crippen LogP contribution >= 0.6 is 34.8 Å². The Morgan fingerprint density at radius 1 is 0.595 bits per heavy atom. The number of rotatable bonds is 9. The fraction of sp³-hybridized carbons (Fsp3) is 0.0962. The number of nitrogens with two attached hydrogens (primary N) is 1. The maximum Gasteiger partial charge on any atom is 0.356 e. The molecule has 0 bridgehead atoms. The van der Waals surface area contributed by atoms with Crippen molar-refractivity contribution in [3.63, 3.8) is 0 Å². The van der Waals surface area contributed by atoms with Crippen LogP contribution in [-0.4, -0.2) is 54.1 Å². The van der Waals surface area contributed by atoms with E-state index in [1.54, 1.807) is 0 Å². The topological polar surface area (TPSA) is 191 Å². The van der Waals surface area contributed by atoms with Gasteiger partial charge in [0.1, 0.15) is 17.5 Å². The number of ether oxygens (including phenoxy) is 1. The molecule has 9 rings (SSSR count). The minimum atomic E-state index is -2.31. The second kappa shape index (κ2) is 18.4. The second-order valence-corrected chi connectivity index (χ2v) is 18.3. The summed E-state index contributed by atoms with van der Waals surface area (Å²) < 4.78 is 97.5. The average Bonchev–Trinajstić information content (AvgIpc) is 3.86. The first-order valence-corrected chi connectivity index (χ1v) is 22.7. The lowest BCUT2D eigenvalue weighted by atomic mass is 9.95. The molecule has 13 nitrogen and oxygen atoms in total. The molecule has 2 aromatic heterocycles. The summed E-state index contributed by atoms with van der Waals surface area (Å²) in [5.41, 5.74) is 2.14. The molecular weight excluding hydrogens is 1040 g/mol. The van der Waals surface area contributed by atoms with Gasteiger partial charge in [0.05, 0.1) is 43.6 Å². The molecule has 0 radical (unpaired) electrons. The van der Waals surface area contributed by atoms with E-state index in [9.17, 15) is 43.3 Å². The van der Waals surface area contributed by atoms with Gasteiger partial charge < -0.3 is 25.8 Å². The third kappa shape index (κ3) is 7.90. The van der Waals surface area contributed by atoms with Crippen LogP contribution in [0.25, 0.3) is 27.6 Å². The smallest absolute Gasteiger partial charge is 0.356 e. The van der Waals surface area contributed by atoms with Crippen LogP contribution in [0.3, 0.4) is 0 Å². The van der Waals surface area contributed by atoms with Crippen LogP contribution in [0.4, 0.5) is 32.0 Å². The van der Waals surface area contributed by atoms with Gasteiger partial charge >= 0.3 is 11.9 Å². The summed E-state index contributed by atoms with van der Waals surface area (Å²) in [4.78, 5) is 73.3. The van der Waals surface area contributed by atoms with E-state index in [0.717, 1.165) is 82.8 Å². The average molecular weight is 1080 g/mol. The molecule has 2 amide bonds. The zero-order chi connectivity index (χ0) is 53.7. The van der Waals surface area contributed by atoms with Crippen LogP contribution in [0.15, 0.2) is 96.7 Å². The molecule has 0 aliphatic carbocycles. The highest BCUT2D eigenvalue weighted by Gasteiger charge is 2.61. The number of aromatic hydroxyl groups is 3. The summed E-state index contributed by atoms with van der Waals surface area (Å²) in [5, 5.41) is 30.7. The number of primary amides is 1. The van der Waals surface area contributed by atoms with Gasteiger partial charge in [0.2, 0.25) is 11.8 Å². The number of aromatic nitrogens is 2. The van der Waals surface area contributed by atoms with Crippen molar-refractivity contribution in [3.05, 3.63) is 191 Å². The fourth-order valence-electron chi connectivity index (χ4n) is 9.60. The van der Waals surface area contributed by atoms with Crippen molar-refractivity contribution in [2.24, 2.45) is 5.73 Å². The van der Waals surface area contributed by atoms with Crippen LogP contribution in [-0.2, 0) is 20.7 Å². The SMILES string of the molecule is CC1=C(OC(=O)Cc2c(C)n(C(=O)c3ccc(Cl)c(F)c3)c3cc(F)c(O)cc23)c2cc(O)c(F)cc2[N+]1(C(=O)c1ccc(Cl)c(F)c1)C(C(N)=O)c1c(C)n(C(=O)c2ccc(Cl)c(F)c2)c2cc(F)c(O)cc12. The number of fused-ring (bicyclic) bond motifs is 3. The monoisotopic (exact) mass is 1080 g/mol. The maximum absolute atomic E-state index is 16.1. The quantitative estimate of drug-likeness (QED) is 0.0619. The van der Waals surface area contributed by atoms with Crippen molar-refractivity contribution in [2.75, 3.05) is 0 Å². The van der Waals surface area contributed by atoms with Crippen LogP contribution in [0.1, 0.15) is 72.1 Å². The summed E-state index contributed by atoms with van der Waals surface area (Å²) in [6, 6.07) is 11.0. The molecule has 2 atom stereocenters. The zero-order valence-corrected chi connectivity index (χ0v) is 40.3. The molecule has 22 heteroatoms. The highest BCUT2D eigenvalue weighted by molar-refractivity contribution is 6.31. The van der Waals surface area contributed by atoms with E-state index in [1.165, 1.54) is 19.9 Å². The Morgan fingerprint density at radius 3 is 1.55 bits per heavy atom. The molecule has 5 N–H and O–H groups in total. The van der Waals surface area contributed by atoms with E-state index < -0.39 is 138 Å². The molecule has 2 unspecified atom stereocenters. The normalized spacial score (nSPS) is 14.7. The zero-order valence-electron chi connectivity index (χ0n) is 38.1. The summed E-state index contributed by atoms with van der Waals surface area (Å²) in [6.45, 7) is 3.70. The number of benzene rings is 6. The van der Waals surface area contributed by atoms with Gasteiger partial charge in [-0.2, -0.15) is 4.48 Å². The van der Waals surface area contributed by atoms with Gasteiger partial charge in [0, 0.05) is 70.0 Å². The first kappa shape index (κ1) is 50.8. The molecule has 0 saturated heterocycles. The third-order valence-electron chi connectivity index (χ3n) is 13.0. The van der Waals surface area contributed by atoms with Crippen molar-refractivity contribution >= 4 is 97.7 Å². The van der Waals surface area contributed by atoms with Gasteiger partial charge in [-0.3, -0.25) is 28.3 Å². The minimum absolute atomic E-state index is 0.0409. The van der Waals surface area contributed by atoms with Crippen LogP contribution in [0.5, 0.6) is 17.2 Å². The van der Waals surface area contributed by atoms with Gasteiger partial charge in [-0.25, -0.2) is 31.1 Å². The van der Waals surface area contributed by atoms with Crippen LogP contribution < -0.4 is 10.2 Å². The number of esters is 1. The molecule has 8 aromatic rings. The van der Waals surface area contributed by atoms with E-state index in [4.69, 9.17) is 45.3 Å². The predicted octanol–water partition coefficient (Wildman–Crippen LogP) is 11.4. The van der Waals surface area contributed by atoms with Gasteiger partial charge in [0.25, 0.3) is 17.7 Å². The molecule has 0 spiro atoms. The van der Waals surface area contributed by atoms with E-state index in [0.29, 0.717) is 18.2 Å². The highest BCUT2D eigenvalue weighted by Crippen LogP contribution is 2.55. The molecule has 376 valence electrons. The Hall–Kier alpha value is -8.10. The molecule has 6 aromatic carbocycles. The predicted molar refractivity (Wildman–Crippen MR) is 259 cm³/mol. The Labute approximate surface area is 427 Å². The second-order valence-electron chi connectivity index (χ2n) is 17.1. The molecule has 1 aliphatic heterocycles. The van der Waals surface area contributed by atoms with Crippen molar-refractivity contribution in [3.8, 4) is 17.2 Å². The number of carbonyl (C=O) groups is 5. The largest absolute Gasteiger partial charge is 0.505 e. The first-order chi connectivity index (χ1) is 34.9. The first-order valence-electron chi connectivity index (χ1n) is 21.6. The van der Waals surface area contributed by atoms with E-state index in [2.05, 4.69) is 0 Å². The van der Waals surface area contributed by atoms with Gasteiger partial charge in [-0.15, -0.1) is 0 Å². The number of halogens is 9. The van der Waals surface area contributed by atoms with E-state index in [1.807, 2.05) is 0 Å². The number of hydrogen-bond donors (Lipinski definition) is 4. The Morgan fingerprint density at radius 2 is 1.04 bits per heavy atom. The lowest BCUT2D eigenvalue weighted by Crippen LogP contribution is -2.58. The van der Waals surface area contributed by atoms with Crippen LogP contribution in [0.2, 0.25) is 15.1 Å². The third-order valence-corrected chi connectivity index (χ3v) is 13.9. The number of nitrogens with zero attached hydrogens (tertiary/aromatic N) is 3. The Balaban J connectivity index is 1.29. The molecular formula is C52H32Cl3F6N4O9+. The molecule has 74 heavy (non-hydrogen) atoms. The molecule has 0 fully saturated rings. The Kier molecular flexibility index (Phi) is 12.7. The lowest BCUT2D eigenvalue weighted by Gasteiger charge is -2.38. The molecule has 3 heterocycles. The maximum atomic E-state index is 16.1. The standard InChI is InChI=1S/C52H31Cl3F6N4O9/c1-20-26(27-13-42(66)36(59)17-39(27)63(20)50(71)23-4-7-30(53)33(56)10-23)16-45(69)74-48-22(3)65(41-19-38(61)44(68)15-29(41)48,52(73)25-6-9-32(55)35(58)12-25)47(49(62)70)46-21(2)64(40-18-37(60)43(67)14-28(40)46)51(72)24-5-8-31(54)34(57)11-24/h4-15,17-19,47H,16H2,1-3H3,(H4-,62,66,67,68,70)/p+1. The molecule has 0 saturated carbocycles. The fourth-order valence-corrected chi connectivity index (χ4v) is 9.95. The number of amides is 2. The van der Waals surface area contributed by atoms with Gasteiger partial charge in [-0.05, 0) is 86.1 Å². The number of allylic oxidation sites excluding steroid dienone is 1. The van der Waals surface area contributed by atoms with Gasteiger partial charge in [-0.1, -0.05) is 34.8 Å².